The Kier molecular flexibility index (Phi) is 13.0. The van der Waals surface area contributed by atoms with Crippen LogP contribution in [0.25, 0.3) is 0 Å². The molecule has 0 amide bonds. The van der Waals surface area contributed by atoms with Gasteiger partial charge in [0.25, 0.3) is 0 Å². The van der Waals surface area contributed by atoms with Crippen molar-refractivity contribution in [2.24, 2.45) is 33.5 Å². The Hall–Kier alpha value is -3.12. The van der Waals surface area contributed by atoms with Gasteiger partial charge in [-0.15, -0.1) is 0 Å². The maximum atomic E-state index is 11.5. The molecule has 6 saturated carbocycles. The van der Waals surface area contributed by atoms with Crippen molar-refractivity contribution in [1.29, 1.82) is 21.0 Å². The van der Waals surface area contributed by atoms with Crippen LogP contribution in [0.15, 0.2) is 46.6 Å². The van der Waals surface area contributed by atoms with E-state index >= 15 is 0 Å². The van der Waals surface area contributed by atoms with Crippen LogP contribution in [0.5, 0.6) is 0 Å². The van der Waals surface area contributed by atoms with Gasteiger partial charge in [0.2, 0.25) is 0 Å². The molecule has 4 atom stereocenters. The number of nitrogens with zero attached hydrogens (tertiary/aromatic N) is 4. The van der Waals surface area contributed by atoms with Gasteiger partial charge >= 0.3 is 0 Å². The maximum absolute atomic E-state index is 11.5. The van der Waals surface area contributed by atoms with E-state index in [9.17, 15) is 21.0 Å². The smallest absolute Gasteiger partial charge is 0.124 e. The molecule has 4 unspecified atom stereocenters. The highest BCUT2D eigenvalue weighted by Gasteiger charge is 2.59. The van der Waals surface area contributed by atoms with E-state index in [-0.39, 0.29) is 10.8 Å². The van der Waals surface area contributed by atoms with Crippen LogP contribution in [0.2, 0.25) is 0 Å². The summed E-state index contributed by atoms with van der Waals surface area (Å²) in [7, 11) is 0. The first-order chi connectivity index (χ1) is 26.6. The maximum Gasteiger partial charge on any atom is 0.124 e. The van der Waals surface area contributed by atoms with Crippen LogP contribution in [-0.4, -0.2) is 11.2 Å². The van der Waals surface area contributed by atoms with Gasteiger partial charge in [0, 0.05) is 10.8 Å². The molecule has 55 heavy (non-hydrogen) atoms. The number of nitriles is 4. The fourth-order valence-corrected chi connectivity index (χ4v) is 13.0. The van der Waals surface area contributed by atoms with Gasteiger partial charge in [0.15, 0.2) is 0 Å². The molecule has 6 fully saturated rings. The Bertz CT molecular complexity index is 1540. The van der Waals surface area contributed by atoms with Crippen molar-refractivity contribution in [1.82, 2.24) is 0 Å². The highest BCUT2D eigenvalue weighted by atomic mass is 16.5. The lowest BCUT2D eigenvalue weighted by Crippen LogP contribution is -2.54. The third-order valence-corrected chi connectivity index (χ3v) is 16.1. The largest absolute Gasteiger partial charge is 0.349 e. The van der Waals surface area contributed by atoms with Crippen LogP contribution in [0.3, 0.4) is 0 Å². The SMILES string of the molecule is CCCCCC1(CCC)C=CC(CC23CCC(CC2)CC3)(OC2(CC34CCC(CC3)CC4)C=CC(CCC)(CCCCC)C(C#N)=C2C#N)C(C#N)=C1C#N. The molecule has 8 rings (SSSR count). The number of fused-ring (bicyclic) bond motifs is 6. The normalized spacial score (nSPS) is 37.7. The molecule has 0 aromatic heterocycles. The van der Waals surface area contributed by atoms with Crippen molar-refractivity contribution >= 4 is 0 Å². The zero-order valence-corrected chi connectivity index (χ0v) is 35.0. The van der Waals surface area contributed by atoms with Crippen molar-refractivity contribution in [2.75, 3.05) is 0 Å². The van der Waals surface area contributed by atoms with E-state index in [1.807, 2.05) is 0 Å². The third-order valence-electron chi connectivity index (χ3n) is 16.1. The molecule has 296 valence electrons. The predicted octanol–water partition coefficient (Wildman–Crippen LogP) is 13.8. The van der Waals surface area contributed by atoms with Crippen LogP contribution in [0.4, 0.5) is 0 Å². The lowest BCUT2D eigenvalue weighted by atomic mass is 9.54. The quantitative estimate of drug-likeness (QED) is 0.103. The molecule has 0 saturated heterocycles. The van der Waals surface area contributed by atoms with E-state index in [0.717, 1.165) is 127 Å². The molecule has 5 heteroatoms. The molecule has 0 spiro atoms. The van der Waals surface area contributed by atoms with Crippen molar-refractivity contribution in [3.05, 3.63) is 46.6 Å². The van der Waals surface area contributed by atoms with E-state index in [1.54, 1.807) is 0 Å². The molecule has 5 nitrogen and oxygen atoms in total. The van der Waals surface area contributed by atoms with Crippen molar-refractivity contribution < 1.29 is 4.74 Å². The fraction of sp³-hybridized carbons (Fsp3) is 0.760. The van der Waals surface area contributed by atoms with Crippen molar-refractivity contribution in [3.63, 3.8) is 0 Å². The number of hydrogen-bond acceptors (Lipinski definition) is 5. The van der Waals surface area contributed by atoms with E-state index in [1.165, 1.54) is 38.5 Å². The van der Waals surface area contributed by atoms with Gasteiger partial charge in [-0.25, -0.2) is 0 Å². The van der Waals surface area contributed by atoms with E-state index in [4.69, 9.17) is 4.74 Å². The van der Waals surface area contributed by atoms with E-state index in [2.05, 4.69) is 76.3 Å². The molecule has 4 bridgehead atoms. The summed E-state index contributed by atoms with van der Waals surface area (Å²) in [6, 6.07) is 10.8. The summed E-state index contributed by atoms with van der Waals surface area (Å²) in [5, 5.41) is 45.5. The van der Waals surface area contributed by atoms with E-state index in [0.29, 0.717) is 35.1 Å². The minimum Gasteiger partial charge on any atom is -0.349 e. The molecular formula is C50H70N4O. The van der Waals surface area contributed by atoms with Gasteiger partial charge in [-0.3, -0.25) is 0 Å². The minimum absolute atomic E-state index is 0.0101. The van der Waals surface area contributed by atoms with Crippen LogP contribution in [0, 0.1) is 78.8 Å². The second kappa shape index (κ2) is 17.2. The lowest BCUT2D eigenvalue weighted by molar-refractivity contribution is -0.128. The number of rotatable bonds is 18. The summed E-state index contributed by atoms with van der Waals surface area (Å²) in [4.78, 5) is 0. The Morgan fingerprint density at radius 2 is 0.818 bits per heavy atom. The number of ether oxygens (including phenoxy) is 1. The summed E-state index contributed by atoms with van der Waals surface area (Å²) >= 11 is 0. The van der Waals surface area contributed by atoms with Crippen LogP contribution >= 0.6 is 0 Å². The van der Waals surface area contributed by atoms with Gasteiger partial charge in [-0.1, -0.05) is 103 Å². The van der Waals surface area contributed by atoms with Gasteiger partial charge in [-0.05, 0) is 138 Å². The van der Waals surface area contributed by atoms with Crippen LogP contribution in [0.1, 0.15) is 195 Å². The number of allylic oxidation sites excluding steroid dienone is 4. The summed E-state index contributed by atoms with van der Waals surface area (Å²) < 4.78 is 8.03. The molecule has 0 heterocycles. The number of unbranched alkanes of at least 4 members (excludes halogenated alkanes) is 4. The Balaban J connectivity index is 1.58. The predicted molar refractivity (Wildman–Crippen MR) is 221 cm³/mol. The molecule has 0 aromatic rings. The van der Waals surface area contributed by atoms with Gasteiger partial charge in [0.1, 0.15) is 11.2 Å². The zero-order valence-electron chi connectivity index (χ0n) is 35.0. The van der Waals surface area contributed by atoms with Crippen molar-refractivity contribution in [3.8, 4) is 24.3 Å². The fourth-order valence-electron chi connectivity index (χ4n) is 13.0. The summed E-state index contributed by atoms with van der Waals surface area (Å²) in [5.41, 5.74) is -1.20. The summed E-state index contributed by atoms with van der Waals surface area (Å²) in [6.07, 6.45) is 35.9. The Labute approximate surface area is 335 Å². The number of hydrogen-bond donors (Lipinski definition) is 0. The van der Waals surface area contributed by atoms with Crippen molar-refractivity contribution in [2.45, 2.75) is 206 Å². The highest BCUT2D eigenvalue weighted by Crippen LogP contribution is 2.63. The van der Waals surface area contributed by atoms with E-state index < -0.39 is 22.0 Å². The molecule has 0 aromatic carbocycles. The first-order valence-corrected chi connectivity index (χ1v) is 22.9. The van der Waals surface area contributed by atoms with Crippen LogP contribution < -0.4 is 0 Å². The summed E-state index contributed by atoms with van der Waals surface area (Å²) in [6.45, 7) is 8.80. The van der Waals surface area contributed by atoms with Gasteiger partial charge in [-0.2, -0.15) is 21.0 Å². The first-order valence-electron chi connectivity index (χ1n) is 22.9. The average molecular weight is 743 g/mol. The average Bonchev–Trinajstić information content (AvgIpc) is 3.21. The first kappa shape index (κ1) is 41.5. The minimum atomic E-state index is -1.17. The molecule has 0 N–H and O–H groups in total. The van der Waals surface area contributed by atoms with Crippen LogP contribution in [-0.2, 0) is 4.74 Å². The molecule has 8 aliphatic carbocycles. The zero-order chi connectivity index (χ0) is 39.2. The van der Waals surface area contributed by atoms with Gasteiger partial charge in [0.05, 0.1) is 46.6 Å². The monoisotopic (exact) mass is 743 g/mol. The lowest BCUT2D eigenvalue weighted by Gasteiger charge is -2.56. The Morgan fingerprint density at radius 3 is 1.11 bits per heavy atom. The topological polar surface area (TPSA) is 104 Å². The Morgan fingerprint density at radius 1 is 0.473 bits per heavy atom. The molecule has 0 radical (unpaired) electrons. The standard InChI is InChI=1S/C50H70N4O/c1-5-9-11-21-47(19-7-3)29-31-49(43(35-53)41(47)33-51,37-45-23-13-39(14-24-45)15-25-45)55-50(38-46-26-16-40(17-27-46)18-28-46)32-30-48(20-8-4,22-12-10-6-2)42(34-52)44(50)36-54/h29-32,39-40H,5-28,37-38H2,1-4H3. The molecular weight excluding hydrogens is 673 g/mol. The highest BCUT2D eigenvalue weighted by molar-refractivity contribution is 5.58. The molecule has 8 aliphatic rings. The second-order valence-corrected chi connectivity index (χ2v) is 19.5. The summed E-state index contributed by atoms with van der Waals surface area (Å²) in [5.74, 6) is 1.58. The third kappa shape index (κ3) is 7.80. The van der Waals surface area contributed by atoms with Gasteiger partial charge < -0.3 is 4.74 Å². The molecule has 0 aliphatic heterocycles. The second-order valence-electron chi connectivity index (χ2n) is 19.5.